The fourth-order valence-corrected chi connectivity index (χ4v) is 1.87. The fourth-order valence-electron chi connectivity index (χ4n) is 1.32. The second-order valence-corrected chi connectivity index (χ2v) is 4.70. The lowest BCUT2D eigenvalue weighted by molar-refractivity contribution is 0.674. The Hall–Kier alpha value is -0.860. The van der Waals surface area contributed by atoms with Crippen LogP contribution in [0.3, 0.4) is 0 Å². The van der Waals surface area contributed by atoms with Crippen molar-refractivity contribution in [1.82, 2.24) is 9.97 Å². The Morgan fingerprint density at radius 2 is 2.31 bits per heavy atom. The SMILES string of the molecule is CC(C)N(CCC#N)c1nc(Cl)ncc1Br. The van der Waals surface area contributed by atoms with E-state index in [-0.39, 0.29) is 11.3 Å². The Labute approximate surface area is 108 Å². The van der Waals surface area contributed by atoms with Gasteiger partial charge in [0, 0.05) is 18.8 Å². The Morgan fingerprint density at radius 1 is 1.62 bits per heavy atom. The molecule has 0 unspecified atom stereocenters. The first-order chi connectivity index (χ1) is 7.56. The van der Waals surface area contributed by atoms with Crippen LogP contribution in [0.15, 0.2) is 10.7 Å². The van der Waals surface area contributed by atoms with Crippen molar-refractivity contribution >= 4 is 33.3 Å². The summed E-state index contributed by atoms with van der Waals surface area (Å²) in [4.78, 5) is 10.1. The molecule has 0 spiro atoms. The Morgan fingerprint density at radius 3 is 2.88 bits per heavy atom. The zero-order valence-electron chi connectivity index (χ0n) is 9.11. The molecule has 0 bridgehead atoms. The molecule has 1 rings (SSSR count). The lowest BCUT2D eigenvalue weighted by Crippen LogP contribution is -2.32. The van der Waals surface area contributed by atoms with Crippen molar-refractivity contribution in [2.75, 3.05) is 11.4 Å². The van der Waals surface area contributed by atoms with E-state index in [1.54, 1.807) is 6.20 Å². The Balaban J connectivity index is 3.01. The van der Waals surface area contributed by atoms with Crippen LogP contribution in [0.2, 0.25) is 5.28 Å². The predicted octanol–water partition coefficient (Wildman–Crippen LogP) is 3.02. The summed E-state index contributed by atoms with van der Waals surface area (Å²) in [6.45, 7) is 4.71. The number of halogens is 2. The molecule has 0 N–H and O–H groups in total. The zero-order chi connectivity index (χ0) is 12.1. The molecule has 0 saturated heterocycles. The van der Waals surface area contributed by atoms with Crippen molar-refractivity contribution in [3.8, 4) is 6.07 Å². The van der Waals surface area contributed by atoms with E-state index in [2.05, 4.69) is 32.0 Å². The maximum Gasteiger partial charge on any atom is 0.224 e. The average Bonchev–Trinajstić information content (AvgIpc) is 2.23. The van der Waals surface area contributed by atoms with Crippen LogP contribution in [0.1, 0.15) is 20.3 Å². The third-order valence-electron chi connectivity index (χ3n) is 2.06. The normalized spacial score (nSPS) is 10.2. The van der Waals surface area contributed by atoms with Gasteiger partial charge in [-0.3, -0.25) is 0 Å². The summed E-state index contributed by atoms with van der Waals surface area (Å²) in [5, 5.41) is 8.83. The van der Waals surface area contributed by atoms with Gasteiger partial charge in [0.2, 0.25) is 5.28 Å². The minimum absolute atomic E-state index is 0.209. The van der Waals surface area contributed by atoms with Gasteiger partial charge in [0.25, 0.3) is 0 Å². The van der Waals surface area contributed by atoms with Crippen LogP contribution in [0.4, 0.5) is 5.82 Å². The number of nitriles is 1. The molecule has 0 aromatic carbocycles. The highest BCUT2D eigenvalue weighted by Gasteiger charge is 2.15. The predicted molar refractivity (Wildman–Crippen MR) is 67.5 cm³/mol. The zero-order valence-corrected chi connectivity index (χ0v) is 11.5. The van der Waals surface area contributed by atoms with E-state index in [1.165, 1.54) is 0 Å². The lowest BCUT2D eigenvalue weighted by atomic mass is 10.3. The quantitative estimate of drug-likeness (QED) is 0.802. The fraction of sp³-hybridized carbons (Fsp3) is 0.500. The molecule has 1 aromatic heterocycles. The van der Waals surface area contributed by atoms with E-state index < -0.39 is 0 Å². The first-order valence-corrected chi connectivity index (χ1v) is 6.05. The number of hydrogen-bond donors (Lipinski definition) is 0. The second-order valence-electron chi connectivity index (χ2n) is 3.51. The topological polar surface area (TPSA) is 52.8 Å². The van der Waals surface area contributed by atoms with Crippen LogP contribution in [-0.4, -0.2) is 22.6 Å². The van der Waals surface area contributed by atoms with Crippen molar-refractivity contribution in [1.29, 1.82) is 5.26 Å². The van der Waals surface area contributed by atoms with Gasteiger partial charge in [-0.2, -0.15) is 10.2 Å². The highest BCUT2D eigenvalue weighted by atomic mass is 79.9. The molecule has 86 valence electrons. The minimum atomic E-state index is 0.209. The largest absolute Gasteiger partial charge is 0.352 e. The van der Waals surface area contributed by atoms with Gasteiger partial charge in [-0.25, -0.2) is 4.98 Å². The molecule has 1 heterocycles. The van der Waals surface area contributed by atoms with Gasteiger partial charge < -0.3 is 4.90 Å². The summed E-state index contributed by atoms with van der Waals surface area (Å²) in [5.41, 5.74) is 0. The van der Waals surface area contributed by atoms with Crippen molar-refractivity contribution in [3.63, 3.8) is 0 Å². The lowest BCUT2D eigenvalue weighted by Gasteiger charge is -2.27. The van der Waals surface area contributed by atoms with E-state index in [4.69, 9.17) is 16.9 Å². The van der Waals surface area contributed by atoms with Gasteiger partial charge in [0.05, 0.1) is 17.0 Å². The molecule has 0 atom stereocenters. The molecule has 0 amide bonds. The summed E-state index contributed by atoms with van der Waals surface area (Å²) < 4.78 is 0.781. The van der Waals surface area contributed by atoms with Crippen LogP contribution in [0.25, 0.3) is 0 Å². The Bertz CT molecular complexity index is 402. The van der Waals surface area contributed by atoms with Crippen LogP contribution in [0, 0.1) is 11.3 Å². The molecule has 0 radical (unpaired) electrons. The van der Waals surface area contributed by atoms with Gasteiger partial charge in [0.15, 0.2) is 0 Å². The molecule has 0 aliphatic rings. The van der Waals surface area contributed by atoms with Crippen molar-refractivity contribution in [2.24, 2.45) is 0 Å². The number of anilines is 1. The van der Waals surface area contributed by atoms with Crippen LogP contribution in [0.5, 0.6) is 0 Å². The van der Waals surface area contributed by atoms with Gasteiger partial charge in [0.1, 0.15) is 5.82 Å². The van der Waals surface area contributed by atoms with Gasteiger partial charge >= 0.3 is 0 Å². The monoisotopic (exact) mass is 302 g/mol. The van der Waals surface area contributed by atoms with Crippen LogP contribution in [-0.2, 0) is 0 Å². The molecule has 0 fully saturated rings. The summed E-state index contributed by atoms with van der Waals surface area (Å²) in [6.07, 6.45) is 2.07. The smallest absolute Gasteiger partial charge is 0.224 e. The maximum atomic E-state index is 8.62. The molecule has 4 nitrogen and oxygen atoms in total. The van der Waals surface area contributed by atoms with Crippen LogP contribution < -0.4 is 4.90 Å². The molecular formula is C10H12BrClN4. The van der Waals surface area contributed by atoms with Crippen LogP contribution >= 0.6 is 27.5 Å². The molecule has 0 saturated carbocycles. The summed E-state index contributed by atoms with van der Waals surface area (Å²) in [6, 6.07) is 2.37. The number of nitrogens with zero attached hydrogens (tertiary/aromatic N) is 4. The molecule has 6 heteroatoms. The average molecular weight is 304 g/mol. The van der Waals surface area contributed by atoms with E-state index >= 15 is 0 Å². The molecule has 0 aliphatic heterocycles. The van der Waals surface area contributed by atoms with Crippen molar-refractivity contribution in [2.45, 2.75) is 26.3 Å². The maximum absolute atomic E-state index is 8.62. The van der Waals surface area contributed by atoms with Gasteiger partial charge in [-0.1, -0.05) is 0 Å². The van der Waals surface area contributed by atoms with E-state index in [9.17, 15) is 0 Å². The minimum Gasteiger partial charge on any atom is -0.352 e. The highest BCUT2D eigenvalue weighted by Crippen LogP contribution is 2.25. The highest BCUT2D eigenvalue weighted by molar-refractivity contribution is 9.10. The van der Waals surface area contributed by atoms with E-state index in [1.807, 2.05) is 18.7 Å². The summed E-state index contributed by atoms with van der Waals surface area (Å²) >= 11 is 9.15. The molecule has 16 heavy (non-hydrogen) atoms. The first-order valence-electron chi connectivity index (χ1n) is 4.88. The van der Waals surface area contributed by atoms with Gasteiger partial charge in [-0.05, 0) is 41.4 Å². The summed E-state index contributed by atoms with van der Waals surface area (Å²) in [5.74, 6) is 0.727. The molecule has 0 aliphatic carbocycles. The van der Waals surface area contributed by atoms with E-state index in [0.29, 0.717) is 13.0 Å². The molecule has 1 aromatic rings. The number of rotatable bonds is 4. The number of hydrogen-bond acceptors (Lipinski definition) is 4. The Kier molecular flexibility index (Phi) is 4.97. The van der Waals surface area contributed by atoms with Crippen molar-refractivity contribution < 1.29 is 0 Å². The third-order valence-corrected chi connectivity index (χ3v) is 2.80. The third kappa shape index (κ3) is 3.32. The molecular weight excluding hydrogens is 291 g/mol. The number of aromatic nitrogens is 2. The second kappa shape index (κ2) is 6.02. The van der Waals surface area contributed by atoms with E-state index in [0.717, 1.165) is 10.3 Å². The summed E-state index contributed by atoms with van der Waals surface area (Å²) in [7, 11) is 0. The van der Waals surface area contributed by atoms with Crippen molar-refractivity contribution in [3.05, 3.63) is 16.0 Å². The first kappa shape index (κ1) is 13.2. The standard InChI is InChI=1S/C10H12BrClN4/c1-7(2)16(5-3-4-13)9-8(11)6-14-10(12)15-9/h6-7H,3,5H2,1-2H3. The van der Waals surface area contributed by atoms with Gasteiger partial charge in [-0.15, -0.1) is 0 Å².